The summed E-state index contributed by atoms with van der Waals surface area (Å²) in [5, 5.41) is 8.20. The molecule has 2 rings (SSSR count). The van der Waals surface area contributed by atoms with Crippen molar-refractivity contribution in [2.45, 2.75) is 13.0 Å². The highest BCUT2D eigenvalue weighted by Crippen LogP contribution is 2.27. The van der Waals surface area contributed by atoms with Crippen molar-refractivity contribution in [3.8, 4) is 0 Å². The van der Waals surface area contributed by atoms with Gasteiger partial charge in [-0.25, -0.2) is 0 Å². The van der Waals surface area contributed by atoms with Crippen LogP contribution < -0.4 is 5.73 Å². The first-order chi connectivity index (χ1) is 6.20. The molecular weight excluding hydrogens is 230 g/mol. The lowest BCUT2D eigenvalue weighted by atomic mass is 10.1. The molecule has 0 aliphatic rings. The number of benzene rings is 1. The number of nitrogens with two attached hydrogens (primary N) is 1. The van der Waals surface area contributed by atoms with Crippen molar-refractivity contribution in [1.29, 1.82) is 0 Å². The summed E-state index contributed by atoms with van der Waals surface area (Å²) in [6, 6.07) is 5.88. The Morgan fingerprint density at radius 2 is 2.31 bits per heavy atom. The first kappa shape index (κ1) is 8.72. The van der Waals surface area contributed by atoms with Crippen LogP contribution in [0, 0.1) is 0 Å². The van der Waals surface area contributed by atoms with Crippen molar-refractivity contribution in [1.82, 2.24) is 10.2 Å². The third-order valence-electron chi connectivity index (χ3n) is 2.01. The highest BCUT2D eigenvalue weighted by Gasteiger charge is 2.10. The van der Waals surface area contributed by atoms with Gasteiger partial charge in [0.2, 0.25) is 0 Å². The molecule has 0 radical (unpaired) electrons. The summed E-state index contributed by atoms with van der Waals surface area (Å²) < 4.78 is 1.03. The van der Waals surface area contributed by atoms with Crippen molar-refractivity contribution >= 4 is 26.8 Å². The minimum Gasteiger partial charge on any atom is -0.323 e. The van der Waals surface area contributed by atoms with Crippen LogP contribution in [0.15, 0.2) is 22.7 Å². The second kappa shape index (κ2) is 3.12. The number of nitrogens with one attached hydrogen (secondary N) is 1. The first-order valence-electron chi connectivity index (χ1n) is 4.08. The molecular formula is C9H10BrN3. The van der Waals surface area contributed by atoms with Gasteiger partial charge in [-0.15, -0.1) is 0 Å². The number of aromatic amines is 1. The van der Waals surface area contributed by atoms with E-state index >= 15 is 0 Å². The standard InChI is InChI=1S/C9H10BrN3/c1-5(11)9-8-6(10)3-2-4-7(8)12-13-9/h2-5H,11H2,1H3,(H,12,13). The Hall–Kier alpha value is -0.870. The van der Waals surface area contributed by atoms with Crippen LogP contribution in [0.3, 0.4) is 0 Å². The van der Waals surface area contributed by atoms with Crippen LogP contribution in [-0.2, 0) is 0 Å². The fraction of sp³-hybridized carbons (Fsp3) is 0.222. The Morgan fingerprint density at radius 1 is 1.54 bits per heavy atom. The van der Waals surface area contributed by atoms with E-state index in [4.69, 9.17) is 5.73 Å². The molecule has 0 aliphatic heterocycles. The zero-order chi connectivity index (χ0) is 9.42. The van der Waals surface area contributed by atoms with Gasteiger partial charge in [-0.05, 0) is 19.1 Å². The van der Waals surface area contributed by atoms with Crippen LogP contribution in [-0.4, -0.2) is 10.2 Å². The molecule has 1 aromatic carbocycles. The molecule has 3 nitrogen and oxygen atoms in total. The number of halogens is 1. The van der Waals surface area contributed by atoms with E-state index in [9.17, 15) is 0 Å². The lowest BCUT2D eigenvalue weighted by Gasteiger charge is -2.02. The summed E-state index contributed by atoms with van der Waals surface area (Å²) in [5.74, 6) is 0. The van der Waals surface area contributed by atoms with Gasteiger partial charge in [0.05, 0.1) is 11.2 Å². The average Bonchev–Trinajstić information content (AvgIpc) is 2.49. The maximum absolute atomic E-state index is 5.80. The highest BCUT2D eigenvalue weighted by atomic mass is 79.9. The summed E-state index contributed by atoms with van der Waals surface area (Å²) in [6.45, 7) is 1.94. The molecule has 0 saturated heterocycles. The molecule has 0 fully saturated rings. The van der Waals surface area contributed by atoms with Crippen LogP contribution >= 0.6 is 15.9 Å². The smallest absolute Gasteiger partial charge is 0.0935 e. The van der Waals surface area contributed by atoms with Crippen LogP contribution in [0.2, 0.25) is 0 Å². The van der Waals surface area contributed by atoms with E-state index in [-0.39, 0.29) is 6.04 Å². The molecule has 4 heteroatoms. The van der Waals surface area contributed by atoms with Gasteiger partial charge in [-0.2, -0.15) is 5.10 Å². The van der Waals surface area contributed by atoms with Gasteiger partial charge >= 0.3 is 0 Å². The normalized spacial score (nSPS) is 13.5. The molecule has 0 saturated carbocycles. The van der Waals surface area contributed by atoms with E-state index < -0.39 is 0 Å². The monoisotopic (exact) mass is 239 g/mol. The number of rotatable bonds is 1. The quantitative estimate of drug-likeness (QED) is 0.803. The van der Waals surface area contributed by atoms with Crippen LogP contribution in [0.4, 0.5) is 0 Å². The maximum atomic E-state index is 5.80. The van der Waals surface area contributed by atoms with E-state index in [1.165, 1.54) is 0 Å². The van der Waals surface area contributed by atoms with E-state index in [1.807, 2.05) is 25.1 Å². The Morgan fingerprint density at radius 3 is 3.00 bits per heavy atom. The molecule has 1 unspecified atom stereocenters. The van der Waals surface area contributed by atoms with Gasteiger partial charge in [0, 0.05) is 15.9 Å². The van der Waals surface area contributed by atoms with Crippen molar-refractivity contribution < 1.29 is 0 Å². The number of H-pyrrole nitrogens is 1. The number of hydrogen-bond donors (Lipinski definition) is 2. The lowest BCUT2D eigenvalue weighted by Crippen LogP contribution is -2.05. The number of aromatic nitrogens is 2. The van der Waals surface area contributed by atoms with Crippen LogP contribution in [0.5, 0.6) is 0 Å². The maximum Gasteiger partial charge on any atom is 0.0935 e. The predicted molar refractivity (Wildman–Crippen MR) is 56.4 cm³/mol. The van der Waals surface area contributed by atoms with Gasteiger partial charge in [0.15, 0.2) is 0 Å². The fourth-order valence-electron chi connectivity index (χ4n) is 1.38. The highest BCUT2D eigenvalue weighted by molar-refractivity contribution is 9.10. The van der Waals surface area contributed by atoms with Gasteiger partial charge in [0.25, 0.3) is 0 Å². The Balaban J connectivity index is 2.79. The van der Waals surface area contributed by atoms with Crippen LogP contribution in [0.1, 0.15) is 18.7 Å². The van der Waals surface area contributed by atoms with Crippen LogP contribution in [0.25, 0.3) is 10.9 Å². The topological polar surface area (TPSA) is 54.7 Å². The van der Waals surface area contributed by atoms with Crippen molar-refractivity contribution in [2.24, 2.45) is 5.73 Å². The zero-order valence-corrected chi connectivity index (χ0v) is 8.80. The molecule has 13 heavy (non-hydrogen) atoms. The summed E-state index contributed by atoms with van der Waals surface area (Å²) in [6.07, 6.45) is 0. The summed E-state index contributed by atoms with van der Waals surface area (Å²) in [5.41, 5.74) is 7.72. The molecule has 68 valence electrons. The summed E-state index contributed by atoms with van der Waals surface area (Å²) in [7, 11) is 0. The minimum atomic E-state index is -0.0244. The lowest BCUT2D eigenvalue weighted by molar-refractivity contribution is 0.778. The molecule has 1 atom stereocenters. The second-order valence-corrected chi connectivity index (χ2v) is 3.91. The molecule has 1 aromatic heterocycles. The Labute approximate surface area is 84.4 Å². The van der Waals surface area contributed by atoms with Gasteiger partial charge in [-0.1, -0.05) is 22.0 Å². The average molecular weight is 240 g/mol. The van der Waals surface area contributed by atoms with E-state index in [2.05, 4.69) is 26.1 Å². The van der Waals surface area contributed by atoms with E-state index in [1.54, 1.807) is 0 Å². The molecule has 0 spiro atoms. The Kier molecular flexibility index (Phi) is 2.09. The van der Waals surface area contributed by atoms with E-state index in [0.29, 0.717) is 0 Å². The predicted octanol–water partition coefficient (Wildman–Crippen LogP) is 2.35. The minimum absolute atomic E-state index is 0.0244. The molecule has 0 bridgehead atoms. The summed E-state index contributed by atoms with van der Waals surface area (Å²) >= 11 is 3.48. The van der Waals surface area contributed by atoms with Gasteiger partial charge in [-0.3, -0.25) is 5.10 Å². The SMILES string of the molecule is CC(N)c1[nH]nc2cccc(Br)c12. The van der Waals surface area contributed by atoms with Crippen molar-refractivity contribution in [3.63, 3.8) is 0 Å². The van der Waals surface area contributed by atoms with Gasteiger partial charge < -0.3 is 5.73 Å². The summed E-state index contributed by atoms with van der Waals surface area (Å²) in [4.78, 5) is 0. The Bertz CT molecular complexity index is 433. The number of fused-ring (bicyclic) bond motifs is 1. The fourth-order valence-corrected chi connectivity index (χ4v) is 1.95. The first-order valence-corrected chi connectivity index (χ1v) is 4.87. The number of hydrogen-bond acceptors (Lipinski definition) is 2. The van der Waals surface area contributed by atoms with E-state index in [0.717, 1.165) is 21.1 Å². The molecule has 0 amide bonds. The third-order valence-corrected chi connectivity index (χ3v) is 2.67. The molecule has 1 heterocycles. The number of nitrogens with zero attached hydrogens (tertiary/aromatic N) is 1. The molecule has 3 N–H and O–H groups in total. The molecule has 2 aromatic rings. The molecule has 0 aliphatic carbocycles. The third kappa shape index (κ3) is 1.36. The zero-order valence-electron chi connectivity index (χ0n) is 7.21. The van der Waals surface area contributed by atoms with Crippen molar-refractivity contribution in [2.75, 3.05) is 0 Å². The van der Waals surface area contributed by atoms with Gasteiger partial charge in [0.1, 0.15) is 0 Å². The largest absolute Gasteiger partial charge is 0.323 e. The second-order valence-electron chi connectivity index (χ2n) is 3.06. The van der Waals surface area contributed by atoms with Crippen molar-refractivity contribution in [3.05, 3.63) is 28.4 Å².